The summed E-state index contributed by atoms with van der Waals surface area (Å²) in [5.74, 6) is -2.64. The van der Waals surface area contributed by atoms with Crippen LogP contribution in [0.15, 0.2) is 53.0 Å². The zero-order chi connectivity index (χ0) is 26.6. The summed E-state index contributed by atoms with van der Waals surface area (Å²) in [4.78, 5) is 53.7. The summed E-state index contributed by atoms with van der Waals surface area (Å²) >= 11 is 27.8. The van der Waals surface area contributed by atoms with Crippen LogP contribution in [-0.2, 0) is 9.59 Å². The van der Waals surface area contributed by atoms with Crippen LogP contribution in [0.25, 0.3) is 0 Å². The molecule has 0 aliphatic carbocycles. The number of fused-ring (bicyclic) bond motifs is 1. The number of carbonyl (C=O) groups excluding carboxylic acids is 4. The van der Waals surface area contributed by atoms with Crippen LogP contribution >= 0.6 is 62.3 Å². The van der Waals surface area contributed by atoms with E-state index in [4.69, 9.17) is 51.1 Å². The zero-order valence-corrected chi connectivity index (χ0v) is 23.0. The van der Waals surface area contributed by atoms with Crippen molar-refractivity contribution in [3.05, 3.63) is 84.2 Å². The van der Waals surface area contributed by atoms with Crippen LogP contribution < -0.4 is 14.5 Å². The second-order valence-electron chi connectivity index (χ2n) is 8.25. The molecule has 0 bridgehead atoms. The summed E-state index contributed by atoms with van der Waals surface area (Å²) in [5, 5.41) is -0.579. The first kappa shape index (κ1) is 26.0. The Morgan fingerprint density at radius 2 is 1.30 bits per heavy atom. The molecule has 3 aromatic carbocycles. The lowest BCUT2D eigenvalue weighted by molar-refractivity contribution is -0.139. The molecule has 12 heteroatoms. The van der Waals surface area contributed by atoms with E-state index in [1.165, 1.54) is 24.3 Å². The van der Waals surface area contributed by atoms with E-state index in [9.17, 15) is 19.2 Å². The zero-order valence-electron chi connectivity index (χ0n) is 18.4. The van der Waals surface area contributed by atoms with Crippen molar-refractivity contribution < 1.29 is 23.9 Å². The Labute approximate surface area is 238 Å². The van der Waals surface area contributed by atoms with E-state index in [0.29, 0.717) is 5.69 Å². The predicted octanol–water partition coefficient (Wildman–Crippen LogP) is 6.82. The van der Waals surface area contributed by atoms with Crippen molar-refractivity contribution in [2.24, 2.45) is 5.92 Å². The summed E-state index contributed by atoms with van der Waals surface area (Å²) in [5.41, 5.74) is 0.616. The van der Waals surface area contributed by atoms with E-state index in [2.05, 4.69) is 15.9 Å². The molecule has 2 aliphatic rings. The molecule has 1 fully saturated rings. The Bertz CT molecular complexity index is 1450. The van der Waals surface area contributed by atoms with Gasteiger partial charge in [-0.15, -0.1) is 0 Å². The Balaban J connectivity index is 1.31. The fourth-order valence-corrected chi connectivity index (χ4v) is 5.46. The molecule has 0 radical (unpaired) electrons. The van der Waals surface area contributed by atoms with Crippen LogP contribution in [0, 0.1) is 5.92 Å². The van der Waals surface area contributed by atoms with E-state index in [1.807, 2.05) is 12.1 Å². The van der Waals surface area contributed by atoms with E-state index < -0.39 is 23.7 Å². The number of amides is 3. The lowest BCUT2D eigenvalue weighted by Crippen LogP contribution is -2.29. The molecule has 5 rings (SSSR count). The number of rotatable bonds is 4. The molecule has 0 N–H and O–H groups in total. The molecule has 0 aromatic heterocycles. The lowest BCUT2D eigenvalue weighted by Gasteiger charge is -2.17. The summed E-state index contributed by atoms with van der Waals surface area (Å²) < 4.78 is 6.34. The van der Waals surface area contributed by atoms with Gasteiger partial charge in [0.1, 0.15) is 5.75 Å². The molecule has 3 aromatic rings. The molecule has 2 heterocycles. The second kappa shape index (κ2) is 9.93. The molecule has 37 heavy (non-hydrogen) atoms. The number of esters is 1. The highest BCUT2D eigenvalue weighted by atomic mass is 79.9. The van der Waals surface area contributed by atoms with Crippen LogP contribution in [-0.4, -0.2) is 30.2 Å². The van der Waals surface area contributed by atoms with Gasteiger partial charge in [0.15, 0.2) is 0 Å². The van der Waals surface area contributed by atoms with E-state index in [-0.39, 0.29) is 61.5 Å². The maximum absolute atomic E-state index is 13.0. The Kier molecular flexibility index (Phi) is 6.98. The third-order valence-corrected chi connectivity index (χ3v) is 8.34. The number of anilines is 2. The number of nitrogens with zero attached hydrogens (tertiary/aromatic N) is 2. The topological polar surface area (TPSA) is 84.0 Å². The number of imide groups is 1. The van der Waals surface area contributed by atoms with Gasteiger partial charge in [0.2, 0.25) is 5.91 Å². The third-order valence-electron chi connectivity index (χ3n) is 6.01. The highest BCUT2D eigenvalue weighted by Gasteiger charge is 2.42. The van der Waals surface area contributed by atoms with Crippen LogP contribution in [0.5, 0.6) is 5.75 Å². The van der Waals surface area contributed by atoms with E-state index in [0.717, 1.165) is 9.37 Å². The SMILES string of the molecule is O=C(Oc1ccc(N2C(=O)c3c(Cl)c(Cl)c(Cl)c(Cl)c3C2=O)cc1)[C@@H]1CC(=O)N(c2ccc(Br)cc2)C1. The van der Waals surface area contributed by atoms with Crippen LogP contribution in [0.2, 0.25) is 20.1 Å². The predicted molar refractivity (Wildman–Crippen MR) is 144 cm³/mol. The Hall–Kier alpha value is -2.62. The fraction of sp³-hybridized carbons (Fsp3) is 0.120. The molecular formula is C25H13BrCl4N2O5. The number of ether oxygens (including phenoxy) is 1. The normalized spacial score (nSPS) is 17.0. The second-order valence-corrected chi connectivity index (χ2v) is 10.7. The minimum atomic E-state index is -0.715. The summed E-state index contributed by atoms with van der Waals surface area (Å²) in [6.45, 7) is 0.194. The highest BCUT2D eigenvalue weighted by molar-refractivity contribution is 9.10. The van der Waals surface area contributed by atoms with Gasteiger partial charge in [-0.05, 0) is 48.5 Å². The van der Waals surface area contributed by atoms with Crippen molar-refractivity contribution in [2.75, 3.05) is 16.3 Å². The van der Waals surface area contributed by atoms with Gasteiger partial charge in [0, 0.05) is 23.1 Å². The number of carbonyl (C=O) groups is 4. The van der Waals surface area contributed by atoms with Crippen molar-refractivity contribution in [1.82, 2.24) is 0 Å². The summed E-state index contributed by atoms with van der Waals surface area (Å²) in [7, 11) is 0. The van der Waals surface area contributed by atoms with Crippen molar-refractivity contribution in [2.45, 2.75) is 6.42 Å². The van der Waals surface area contributed by atoms with Crippen molar-refractivity contribution in [3.8, 4) is 5.75 Å². The third kappa shape index (κ3) is 4.51. The lowest BCUT2D eigenvalue weighted by atomic mass is 10.1. The fourth-order valence-electron chi connectivity index (χ4n) is 4.18. The average Bonchev–Trinajstić information content (AvgIpc) is 3.39. The van der Waals surface area contributed by atoms with Gasteiger partial charge in [-0.3, -0.25) is 19.2 Å². The van der Waals surface area contributed by atoms with E-state index in [1.54, 1.807) is 17.0 Å². The molecule has 0 unspecified atom stereocenters. The van der Waals surface area contributed by atoms with Gasteiger partial charge in [-0.25, -0.2) is 4.90 Å². The number of halogens is 5. The van der Waals surface area contributed by atoms with Gasteiger partial charge >= 0.3 is 5.97 Å². The molecular weight excluding hydrogens is 630 g/mol. The van der Waals surface area contributed by atoms with Gasteiger partial charge in [0.05, 0.1) is 42.8 Å². The number of hydrogen-bond acceptors (Lipinski definition) is 5. The molecule has 2 aliphatic heterocycles. The maximum Gasteiger partial charge on any atom is 0.316 e. The van der Waals surface area contributed by atoms with Crippen molar-refractivity contribution in [1.29, 1.82) is 0 Å². The first-order valence-corrected chi connectivity index (χ1v) is 13.0. The molecule has 0 saturated carbocycles. The molecule has 188 valence electrons. The quantitative estimate of drug-likeness (QED) is 0.103. The molecule has 7 nitrogen and oxygen atoms in total. The minimum Gasteiger partial charge on any atom is -0.426 e. The van der Waals surface area contributed by atoms with Gasteiger partial charge in [-0.2, -0.15) is 0 Å². The average molecular weight is 643 g/mol. The number of benzene rings is 3. The van der Waals surface area contributed by atoms with Gasteiger partial charge < -0.3 is 9.64 Å². The van der Waals surface area contributed by atoms with Crippen molar-refractivity contribution in [3.63, 3.8) is 0 Å². The first-order valence-electron chi connectivity index (χ1n) is 10.7. The van der Waals surface area contributed by atoms with Gasteiger partial charge in [-0.1, -0.05) is 62.3 Å². The first-order chi connectivity index (χ1) is 17.6. The largest absolute Gasteiger partial charge is 0.426 e. The van der Waals surface area contributed by atoms with E-state index >= 15 is 0 Å². The smallest absolute Gasteiger partial charge is 0.316 e. The summed E-state index contributed by atoms with van der Waals surface area (Å²) in [6, 6.07) is 12.9. The van der Waals surface area contributed by atoms with Crippen LogP contribution in [0.3, 0.4) is 0 Å². The highest BCUT2D eigenvalue weighted by Crippen LogP contribution is 2.45. The molecule has 0 spiro atoms. The molecule has 1 saturated heterocycles. The van der Waals surface area contributed by atoms with Gasteiger partial charge in [0.25, 0.3) is 11.8 Å². The maximum atomic E-state index is 13.0. The Morgan fingerprint density at radius 3 is 1.84 bits per heavy atom. The minimum absolute atomic E-state index is 0.0225. The van der Waals surface area contributed by atoms with Crippen molar-refractivity contribution >= 4 is 97.4 Å². The Morgan fingerprint density at radius 1 is 0.784 bits per heavy atom. The van der Waals surface area contributed by atoms with Crippen LogP contribution in [0.1, 0.15) is 27.1 Å². The monoisotopic (exact) mass is 640 g/mol. The summed E-state index contributed by atoms with van der Waals surface area (Å²) in [6.07, 6.45) is 0.0225. The van der Waals surface area contributed by atoms with Crippen LogP contribution in [0.4, 0.5) is 11.4 Å². The standard InChI is InChI=1S/C25H13BrCl4N2O5/c26-12-1-3-13(4-2-12)31-10-11(9-16(31)33)25(36)37-15-7-5-14(6-8-15)32-23(34)17-18(24(32)35)20(28)22(30)21(29)19(17)27/h1-8,11H,9-10H2/t11-/m1/s1. The number of hydrogen-bond donors (Lipinski definition) is 0. The molecule has 3 amide bonds. The molecule has 1 atom stereocenters.